The first-order valence-electron chi connectivity index (χ1n) is 6.21. The van der Waals surface area contributed by atoms with Crippen LogP contribution in [-0.2, 0) is 0 Å². The lowest BCUT2D eigenvalue weighted by Crippen LogP contribution is -2.24. The number of nitrogens with zero attached hydrogens (tertiary/aromatic N) is 1. The molecule has 1 N–H and O–H groups in total. The molecular weight excluding hydrogens is 276 g/mol. The molecule has 2 nitrogen and oxygen atoms in total. The summed E-state index contributed by atoms with van der Waals surface area (Å²) < 4.78 is 1.22. The van der Waals surface area contributed by atoms with Crippen molar-refractivity contribution in [1.82, 2.24) is 4.90 Å². The van der Waals surface area contributed by atoms with E-state index in [0.29, 0.717) is 12.1 Å². The van der Waals surface area contributed by atoms with Gasteiger partial charge in [0.25, 0.3) is 0 Å². The largest absolute Gasteiger partial charge is 0.381 e. The van der Waals surface area contributed by atoms with Crippen LogP contribution >= 0.6 is 15.9 Å². The second kappa shape index (κ2) is 4.99. The first kappa shape index (κ1) is 12.9. The average Bonchev–Trinajstić information content (AvgIpc) is 2.54. The SMILES string of the molecule is Cc1cc(NC2CC(C)N(C)C2)cc(C)c1Br. The van der Waals surface area contributed by atoms with Crippen molar-refractivity contribution in [1.29, 1.82) is 0 Å². The average molecular weight is 297 g/mol. The molecule has 3 heteroatoms. The van der Waals surface area contributed by atoms with Crippen molar-refractivity contribution in [3.63, 3.8) is 0 Å². The summed E-state index contributed by atoms with van der Waals surface area (Å²) in [5.41, 5.74) is 3.84. The van der Waals surface area contributed by atoms with Gasteiger partial charge in [0.15, 0.2) is 0 Å². The number of likely N-dealkylation sites (tertiary alicyclic amines) is 1. The van der Waals surface area contributed by atoms with Crippen molar-refractivity contribution < 1.29 is 0 Å². The Bertz CT molecular complexity index is 384. The van der Waals surface area contributed by atoms with Gasteiger partial charge in [0, 0.05) is 28.8 Å². The number of anilines is 1. The molecule has 94 valence electrons. The number of likely N-dealkylation sites (N-methyl/N-ethyl adjacent to an activating group) is 1. The molecule has 1 saturated heterocycles. The summed E-state index contributed by atoms with van der Waals surface area (Å²) in [6.45, 7) is 7.71. The molecule has 1 aromatic carbocycles. The third-order valence-corrected chi connectivity index (χ3v) is 4.94. The fourth-order valence-electron chi connectivity index (χ4n) is 2.56. The number of nitrogens with one attached hydrogen (secondary N) is 1. The maximum absolute atomic E-state index is 3.65. The van der Waals surface area contributed by atoms with E-state index in [1.54, 1.807) is 0 Å². The molecule has 1 aliphatic heterocycles. The van der Waals surface area contributed by atoms with Crippen LogP contribution in [0.5, 0.6) is 0 Å². The molecule has 1 aromatic rings. The lowest BCUT2D eigenvalue weighted by Gasteiger charge is -2.16. The highest BCUT2D eigenvalue weighted by atomic mass is 79.9. The van der Waals surface area contributed by atoms with Gasteiger partial charge >= 0.3 is 0 Å². The summed E-state index contributed by atoms with van der Waals surface area (Å²) in [5.74, 6) is 0. The number of benzene rings is 1. The summed E-state index contributed by atoms with van der Waals surface area (Å²) in [6, 6.07) is 5.71. The zero-order valence-electron chi connectivity index (χ0n) is 11.0. The molecule has 0 bridgehead atoms. The van der Waals surface area contributed by atoms with Gasteiger partial charge in [-0.1, -0.05) is 15.9 Å². The smallest absolute Gasteiger partial charge is 0.0403 e. The second-order valence-corrected chi connectivity index (χ2v) is 6.08. The Kier molecular flexibility index (Phi) is 3.79. The molecule has 0 radical (unpaired) electrons. The highest BCUT2D eigenvalue weighted by Gasteiger charge is 2.25. The molecular formula is C14H21BrN2. The number of rotatable bonds is 2. The Morgan fingerprint density at radius 3 is 2.35 bits per heavy atom. The molecule has 0 aromatic heterocycles. The van der Waals surface area contributed by atoms with Gasteiger partial charge in [-0.3, -0.25) is 0 Å². The Labute approximate surface area is 113 Å². The monoisotopic (exact) mass is 296 g/mol. The van der Waals surface area contributed by atoms with Crippen molar-refractivity contribution >= 4 is 21.6 Å². The predicted octanol–water partition coefficient (Wildman–Crippen LogP) is 3.57. The Morgan fingerprint density at radius 2 is 1.88 bits per heavy atom. The molecule has 2 unspecified atom stereocenters. The van der Waals surface area contributed by atoms with Gasteiger partial charge in [0.05, 0.1) is 0 Å². The van der Waals surface area contributed by atoms with E-state index in [-0.39, 0.29) is 0 Å². The number of hydrogen-bond donors (Lipinski definition) is 1. The maximum atomic E-state index is 3.65. The molecule has 1 fully saturated rings. The maximum Gasteiger partial charge on any atom is 0.0403 e. The summed E-state index contributed by atoms with van der Waals surface area (Å²) >= 11 is 3.61. The molecule has 2 rings (SSSR count). The number of halogens is 1. The molecule has 1 heterocycles. The van der Waals surface area contributed by atoms with Gasteiger partial charge in [0.1, 0.15) is 0 Å². The topological polar surface area (TPSA) is 15.3 Å². The van der Waals surface area contributed by atoms with E-state index in [4.69, 9.17) is 0 Å². The third-order valence-electron chi connectivity index (χ3n) is 3.69. The molecule has 0 aliphatic carbocycles. The van der Waals surface area contributed by atoms with Crippen LogP contribution in [0.4, 0.5) is 5.69 Å². The van der Waals surface area contributed by atoms with Gasteiger partial charge < -0.3 is 10.2 Å². The van der Waals surface area contributed by atoms with Crippen LogP contribution in [0.3, 0.4) is 0 Å². The van der Waals surface area contributed by atoms with Crippen molar-refractivity contribution in [2.24, 2.45) is 0 Å². The van der Waals surface area contributed by atoms with Gasteiger partial charge in [-0.15, -0.1) is 0 Å². The quantitative estimate of drug-likeness (QED) is 0.897. The van der Waals surface area contributed by atoms with Crippen LogP contribution in [0.2, 0.25) is 0 Å². The highest BCUT2D eigenvalue weighted by molar-refractivity contribution is 9.10. The predicted molar refractivity (Wildman–Crippen MR) is 77.7 cm³/mol. The summed E-state index contributed by atoms with van der Waals surface area (Å²) in [5, 5.41) is 3.65. The van der Waals surface area contributed by atoms with Crippen LogP contribution in [0.1, 0.15) is 24.5 Å². The molecule has 0 spiro atoms. The fraction of sp³-hybridized carbons (Fsp3) is 0.571. The zero-order chi connectivity index (χ0) is 12.6. The minimum Gasteiger partial charge on any atom is -0.381 e. The van der Waals surface area contributed by atoms with Crippen LogP contribution in [0.25, 0.3) is 0 Å². The van der Waals surface area contributed by atoms with E-state index in [9.17, 15) is 0 Å². The van der Waals surface area contributed by atoms with Gasteiger partial charge in [0.2, 0.25) is 0 Å². The lowest BCUT2D eigenvalue weighted by atomic mass is 10.1. The van der Waals surface area contributed by atoms with Crippen LogP contribution < -0.4 is 5.32 Å². The van der Waals surface area contributed by atoms with Crippen LogP contribution in [-0.4, -0.2) is 30.6 Å². The number of aryl methyl sites for hydroxylation is 2. The summed E-state index contributed by atoms with van der Waals surface area (Å²) in [6.07, 6.45) is 1.23. The van der Waals surface area contributed by atoms with Crippen LogP contribution in [0.15, 0.2) is 16.6 Å². The highest BCUT2D eigenvalue weighted by Crippen LogP contribution is 2.27. The van der Waals surface area contributed by atoms with Crippen LogP contribution in [0, 0.1) is 13.8 Å². The van der Waals surface area contributed by atoms with Gasteiger partial charge in [-0.05, 0) is 57.5 Å². The van der Waals surface area contributed by atoms with Crippen molar-refractivity contribution in [2.75, 3.05) is 18.9 Å². The Balaban J connectivity index is 2.10. The Morgan fingerprint density at radius 1 is 1.29 bits per heavy atom. The molecule has 0 saturated carbocycles. The van der Waals surface area contributed by atoms with E-state index in [1.165, 1.54) is 27.7 Å². The first-order valence-corrected chi connectivity index (χ1v) is 7.00. The van der Waals surface area contributed by atoms with Gasteiger partial charge in [-0.2, -0.15) is 0 Å². The van der Waals surface area contributed by atoms with Gasteiger partial charge in [-0.25, -0.2) is 0 Å². The third kappa shape index (κ3) is 2.83. The van der Waals surface area contributed by atoms with E-state index < -0.39 is 0 Å². The van der Waals surface area contributed by atoms with Crippen molar-refractivity contribution in [3.8, 4) is 0 Å². The molecule has 2 atom stereocenters. The minimum atomic E-state index is 0.579. The standard InChI is InChI=1S/C14H21BrN2/c1-9-5-12(6-10(2)14(9)15)16-13-7-11(3)17(4)8-13/h5-6,11,13,16H,7-8H2,1-4H3. The van der Waals surface area contributed by atoms with Crippen molar-refractivity contribution in [2.45, 2.75) is 39.3 Å². The molecule has 1 aliphatic rings. The van der Waals surface area contributed by atoms with E-state index >= 15 is 0 Å². The van der Waals surface area contributed by atoms with E-state index in [0.717, 1.165) is 6.54 Å². The zero-order valence-corrected chi connectivity index (χ0v) is 12.6. The number of hydrogen-bond acceptors (Lipinski definition) is 2. The first-order chi connectivity index (χ1) is 7.97. The summed E-state index contributed by atoms with van der Waals surface area (Å²) in [7, 11) is 2.20. The normalized spacial score (nSPS) is 25.2. The fourth-order valence-corrected chi connectivity index (χ4v) is 2.79. The Hall–Kier alpha value is -0.540. The lowest BCUT2D eigenvalue weighted by molar-refractivity contribution is 0.330. The molecule has 0 amide bonds. The second-order valence-electron chi connectivity index (χ2n) is 5.29. The van der Waals surface area contributed by atoms with E-state index in [1.807, 2.05) is 0 Å². The molecule has 17 heavy (non-hydrogen) atoms. The van der Waals surface area contributed by atoms with Crippen molar-refractivity contribution in [3.05, 3.63) is 27.7 Å². The summed E-state index contributed by atoms with van der Waals surface area (Å²) in [4.78, 5) is 2.41. The van der Waals surface area contributed by atoms with E-state index in [2.05, 4.69) is 66.1 Å². The minimum absolute atomic E-state index is 0.579.